The molecule has 1 atom stereocenters. The number of nitrogens with one attached hydrogen (secondary N) is 1. The van der Waals surface area contributed by atoms with Gasteiger partial charge in [0.15, 0.2) is 0 Å². The standard InChI is InChI=1S/C12H19NO2S/c1-3-10(11-6-5-9-16-11)13-8-4-7-12(14)15-2/h5-6,9-10,13H,3-4,7-8H2,1-2H3. The van der Waals surface area contributed by atoms with Gasteiger partial charge in [0.1, 0.15) is 0 Å². The monoisotopic (exact) mass is 241 g/mol. The van der Waals surface area contributed by atoms with Crippen molar-refractivity contribution in [1.29, 1.82) is 0 Å². The number of carbonyl (C=O) groups is 1. The van der Waals surface area contributed by atoms with Gasteiger partial charge in [-0.2, -0.15) is 0 Å². The van der Waals surface area contributed by atoms with Crippen molar-refractivity contribution in [1.82, 2.24) is 5.32 Å². The van der Waals surface area contributed by atoms with Crippen LogP contribution in [0.25, 0.3) is 0 Å². The molecule has 0 saturated heterocycles. The number of ether oxygens (including phenoxy) is 1. The lowest BCUT2D eigenvalue weighted by molar-refractivity contribution is -0.140. The number of esters is 1. The van der Waals surface area contributed by atoms with Gasteiger partial charge in [-0.25, -0.2) is 0 Å². The van der Waals surface area contributed by atoms with E-state index in [-0.39, 0.29) is 5.97 Å². The summed E-state index contributed by atoms with van der Waals surface area (Å²) < 4.78 is 4.59. The molecule has 0 spiro atoms. The van der Waals surface area contributed by atoms with Crippen LogP contribution in [-0.4, -0.2) is 19.6 Å². The highest BCUT2D eigenvalue weighted by Gasteiger charge is 2.09. The summed E-state index contributed by atoms with van der Waals surface area (Å²) >= 11 is 1.77. The van der Waals surface area contributed by atoms with Crippen LogP contribution in [0.15, 0.2) is 17.5 Å². The summed E-state index contributed by atoms with van der Waals surface area (Å²) in [6.45, 7) is 3.02. The molecular weight excluding hydrogens is 222 g/mol. The molecule has 0 amide bonds. The predicted molar refractivity (Wildman–Crippen MR) is 66.6 cm³/mol. The summed E-state index contributed by atoms with van der Waals surface area (Å²) in [5.41, 5.74) is 0. The lowest BCUT2D eigenvalue weighted by Crippen LogP contribution is -2.21. The summed E-state index contributed by atoms with van der Waals surface area (Å²) in [5, 5.41) is 5.55. The van der Waals surface area contributed by atoms with Gasteiger partial charge in [0, 0.05) is 17.3 Å². The molecule has 1 rings (SSSR count). The summed E-state index contributed by atoms with van der Waals surface area (Å²) in [5.74, 6) is -0.133. The first kappa shape index (κ1) is 13.2. The molecule has 16 heavy (non-hydrogen) atoms. The zero-order chi connectivity index (χ0) is 11.8. The molecule has 1 N–H and O–H groups in total. The van der Waals surface area contributed by atoms with Crippen molar-refractivity contribution in [2.45, 2.75) is 32.2 Å². The molecule has 90 valence electrons. The van der Waals surface area contributed by atoms with E-state index in [0.717, 1.165) is 19.4 Å². The fourth-order valence-corrected chi connectivity index (χ4v) is 2.43. The molecule has 0 aliphatic heterocycles. The van der Waals surface area contributed by atoms with Crippen LogP contribution in [0, 0.1) is 0 Å². The molecule has 1 aromatic heterocycles. The second-order valence-corrected chi connectivity index (χ2v) is 4.59. The van der Waals surface area contributed by atoms with Crippen LogP contribution < -0.4 is 5.32 Å². The third kappa shape index (κ3) is 4.33. The zero-order valence-corrected chi connectivity index (χ0v) is 10.7. The molecule has 1 aromatic rings. The number of thiophene rings is 1. The van der Waals surface area contributed by atoms with E-state index in [2.05, 4.69) is 34.5 Å². The van der Waals surface area contributed by atoms with Crippen molar-refractivity contribution in [2.75, 3.05) is 13.7 Å². The molecule has 0 aliphatic rings. The van der Waals surface area contributed by atoms with Gasteiger partial charge in [0.2, 0.25) is 0 Å². The Morgan fingerprint density at radius 2 is 2.44 bits per heavy atom. The van der Waals surface area contributed by atoms with E-state index in [1.165, 1.54) is 12.0 Å². The van der Waals surface area contributed by atoms with Crippen molar-refractivity contribution in [3.8, 4) is 0 Å². The van der Waals surface area contributed by atoms with Crippen LogP contribution in [-0.2, 0) is 9.53 Å². The molecule has 0 saturated carbocycles. The number of carbonyl (C=O) groups excluding carboxylic acids is 1. The van der Waals surface area contributed by atoms with Crippen molar-refractivity contribution >= 4 is 17.3 Å². The Balaban J connectivity index is 2.22. The van der Waals surface area contributed by atoms with Crippen LogP contribution in [0.4, 0.5) is 0 Å². The smallest absolute Gasteiger partial charge is 0.305 e. The highest BCUT2D eigenvalue weighted by atomic mass is 32.1. The van der Waals surface area contributed by atoms with E-state index in [1.807, 2.05) is 0 Å². The summed E-state index contributed by atoms with van der Waals surface area (Å²) in [6, 6.07) is 4.63. The van der Waals surface area contributed by atoms with Crippen molar-refractivity contribution < 1.29 is 9.53 Å². The van der Waals surface area contributed by atoms with Crippen molar-refractivity contribution in [3.63, 3.8) is 0 Å². The van der Waals surface area contributed by atoms with E-state index in [9.17, 15) is 4.79 Å². The lowest BCUT2D eigenvalue weighted by atomic mass is 10.2. The topological polar surface area (TPSA) is 38.3 Å². The van der Waals surface area contributed by atoms with Crippen LogP contribution in [0.1, 0.15) is 37.1 Å². The molecule has 1 unspecified atom stereocenters. The van der Waals surface area contributed by atoms with Crippen LogP contribution in [0.5, 0.6) is 0 Å². The molecule has 4 heteroatoms. The van der Waals surface area contributed by atoms with Gasteiger partial charge in [-0.05, 0) is 30.8 Å². The SMILES string of the molecule is CCC(NCCCC(=O)OC)c1cccs1. The van der Waals surface area contributed by atoms with E-state index in [0.29, 0.717) is 12.5 Å². The maximum absolute atomic E-state index is 10.9. The average molecular weight is 241 g/mol. The Morgan fingerprint density at radius 3 is 3.00 bits per heavy atom. The highest BCUT2D eigenvalue weighted by Crippen LogP contribution is 2.21. The zero-order valence-electron chi connectivity index (χ0n) is 9.86. The normalized spacial score (nSPS) is 12.4. The quantitative estimate of drug-likeness (QED) is 0.589. The second-order valence-electron chi connectivity index (χ2n) is 3.61. The first-order valence-electron chi connectivity index (χ1n) is 5.61. The molecule has 3 nitrogen and oxygen atoms in total. The minimum atomic E-state index is -0.133. The maximum atomic E-state index is 10.9. The van der Waals surface area contributed by atoms with E-state index in [4.69, 9.17) is 0 Å². The third-order valence-electron chi connectivity index (χ3n) is 2.47. The Labute approximate surface area is 101 Å². The van der Waals surface area contributed by atoms with Crippen molar-refractivity contribution in [3.05, 3.63) is 22.4 Å². The molecule has 1 heterocycles. The summed E-state index contributed by atoms with van der Waals surface area (Å²) in [4.78, 5) is 12.3. The van der Waals surface area contributed by atoms with Gasteiger partial charge < -0.3 is 10.1 Å². The van der Waals surface area contributed by atoms with E-state index in [1.54, 1.807) is 11.3 Å². The Morgan fingerprint density at radius 1 is 1.62 bits per heavy atom. The molecular formula is C12H19NO2S. The molecule has 0 aromatic carbocycles. The van der Waals surface area contributed by atoms with Gasteiger partial charge in [0.25, 0.3) is 0 Å². The Hall–Kier alpha value is -0.870. The number of hydrogen-bond acceptors (Lipinski definition) is 4. The van der Waals surface area contributed by atoms with Gasteiger partial charge in [-0.15, -0.1) is 11.3 Å². The van der Waals surface area contributed by atoms with Crippen molar-refractivity contribution in [2.24, 2.45) is 0 Å². The molecule has 0 aliphatic carbocycles. The largest absolute Gasteiger partial charge is 0.469 e. The molecule has 0 bridgehead atoms. The predicted octanol–water partition coefficient (Wildman–Crippen LogP) is 2.74. The van der Waals surface area contributed by atoms with Gasteiger partial charge in [-0.1, -0.05) is 13.0 Å². The Bertz CT molecular complexity index is 298. The van der Waals surface area contributed by atoms with Gasteiger partial charge in [-0.3, -0.25) is 4.79 Å². The minimum Gasteiger partial charge on any atom is -0.469 e. The third-order valence-corrected chi connectivity index (χ3v) is 3.46. The average Bonchev–Trinajstić information content (AvgIpc) is 2.82. The minimum absolute atomic E-state index is 0.133. The molecule has 0 fully saturated rings. The number of rotatable bonds is 7. The van der Waals surface area contributed by atoms with Gasteiger partial charge in [0.05, 0.1) is 7.11 Å². The van der Waals surface area contributed by atoms with Crippen LogP contribution in [0.2, 0.25) is 0 Å². The fourth-order valence-electron chi connectivity index (χ4n) is 1.55. The van der Waals surface area contributed by atoms with E-state index >= 15 is 0 Å². The molecule has 0 radical (unpaired) electrons. The van der Waals surface area contributed by atoms with Gasteiger partial charge >= 0.3 is 5.97 Å². The number of hydrogen-bond donors (Lipinski definition) is 1. The Kier molecular flexibility index (Phi) is 6.11. The number of methoxy groups -OCH3 is 1. The van der Waals surface area contributed by atoms with Crippen LogP contribution in [0.3, 0.4) is 0 Å². The summed E-state index contributed by atoms with van der Waals surface area (Å²) in [7, 11) is 1.43. The summed E-state index contributed by atoms with van der Waals surface area (Å²) in [6.07, 6.45) is 2.39. The second kappa shape index (κ2) is 7.41. The lowest BCUT2D eigenvalue weighted by Gasteiger charge is -2.14. The first-order chi connectivity index (χ1) is 7.77. The van der Waals surface area contributed by atoms with E-state index < -0.39 is 0 Å². The highest BCUT2D eigenvalue weighted by molar-refractivity contribution is 7.10. The fraction of sp³-hybridized carbons (Fsp3) is 0.583. The van der Waals surface area contributed by atoms with Crippen LogP contribution >= 0.6 is 11.3 Å². The maximum Gasteiger partial charge on any atom is 0.305 e. The first-order valence-corrected chi connectivity index (χ1v) is 6.49.